The van der Waals surface area contributed by atoms with Crippen LogP contribution in [0.4, 0.5) is 0 Å². The average Bonchev–Trinajstić information content (AvgIpc) is 2.15. The first-order valence-corrected chi connectivity index (χ1v) is 5.26. The minimum absolute atomic E-state index is 0.0647. The number of nitrogens with zero attached hydrogens (tertiary/aromatic N) is 1. The van der Waals surface area contributed by atoms with Crippen LogP contribution in [0, 0.1) is 24.2 Å². The van der Waals surface area contributed by atoms with Crippen LogP contribution in [0.3, 0.4) is 0 Å². The first-order valence-electron chi connectivity index (χ1n) is 5.26. The van der Waals surface area contributed by atoms with Gasteiger partial charge in [0.2, 0.25) is 5.91 Å². The Morgan fingerprint density at radius 3 is 2.36 bits per heavy atom. The maximum atomic E-state index is 11.9. The Balaban J connectivity index is 4.36. The number of amides is 1. The monoisotopic (exact) mass is 195 g/mol. The van der Waals surface area contributed by atoms with Gasteiger partial charge in [-0.1, -0.05) is 33.6 Å². The van der Waals surface area contributed by atoms with E-state index >= 15 is 0 Å². The van der Waals surface area contributed by atoms with E-state index in [9.17, 15) is 4.79 Å². The van der Waals surface area contributed by atoms with Gasteiger partial charge in [0.15, 0.2) is 0 Å². The molecule has 0 aromatic carbocycles. The van der Waals surface area contributed by atoms with Crippen LogP contribution in [-0.4, -0.2) is 23.9 Å². The molecule has 0 saturated carbocycles. The van der Waals surface area contributed by atoms with Gasteiger partial charge in [0, 0.05) is 12.5 Å². The Hall–Kier alpha value is -0.970. The van der Waals surface area contributed by atoms with E-state index in [-0.39, 0.29) is 11.8 Å². The van der Waals surface area contributed by atoms with Crippen LogP contribution in [-0.2, 0) is 4.79 Å². The van der Waals surface area contributed by atoms with Gasteiger partial charge in [-0.05, 0) is 12.3 Å². The lowest BCUT2D eigenvalue weighted by atomic mass is 9.96. The van der Waals surface area contributed by atoms with E-state index in [0.717, 1.165) is 13.0 Å². The van der Waals surface area contributed by atoms with Gasteiger partial charge in [0.1, 0.15) is 0 Å². The van der Waals surface area contributed by atoms with Crippen molar-refractivity contribution in [3.05, 3.63) is 0 Å². The molecule has 1 atom stereocenters. The van der Waals surface area contributed by atoms with Gasteiger partial charge in [0.25, 0.3) is 0 Å². The Labute approximate surface area is 87.7 Å². The molecule has 0 N–H and O–H groups in total. The summed E-state index contributed by atoms with van der Waals surface area (Å²) in [5, 5.41) is 0. The zero-order valence-corrected chi connectivity index (χ0v) is 9.71. The first-order chi connectivity index (χ1) is 6.54. The highest BCUT2D eigenvalue weighted by molar-refractivity contribution is 5.79. The number of hydrogen-bond acceptors (Lipinski definition) is 1. The zero-order valence-electron chi connectivity index (χ0n) is 9.71. The zero-order chi connectivity index (χ0) is 11.1. The molecule has 2 heteroatoms. The Bertz CT molecular complexity index is 215. The topological polar surface area (TPSA) is 20.3 Å². The second-order valence-corrected chi connectivity index (χ2v) is 4.00. The van der Waals surface area contributed by atoms with E-state index in [0.29, 0.717) is 12.5 Å². The molecule has 0 aliphatic rings. The Kier molecular flexibility index (Phi) is 6.03. The van der Waals surface area contributed by atoms with Crippen LogP contribution >= 0.6 is 0 Å². The van der Waals surface area contributed by atoms with E-state index in [1.165, 1.54) is 0 Å². The van der Waals surface area contributed by atoms with Gasteiger partial charge in [-0.2, -0.15) is 0 Å². The Morgan fingerprint density at radius 1 is 1.43 bits per heavy atom. The number of rotatable bonds is 5. The van der Waals surface area contributed by atoms with Crippen LogP contribution in [0.1, 0.15) is 34.1 Å². The molecule has 2 nitrogen and oxygen atoms in total. The fourth-order valence-corrected chi connectivity index (χ4v) is 1.22. The van der Waals surface area contributed by atoms with Crippen molar-refractivity contribution in [2.24, 2.45) is 11.8 Å². The molecule has 0 aliphatic carbocycles. The smallest absolute Gasteiger partial charge is 0.226 e. The summed E-state index contributed by atoms with van der Waals surface area (Å²) < 4.78 is 0. The molecule has 0 saturated heterocycles. The second-order valence-electron chi connectivity index (χ2n) is 4.00. The van der Waals surface area contributed by atoms with E-state index in [1.807, 2.05) is 6.92 Å². The molecule has 0 aromatic rings. The lowest BCUT2D eigenvalue weighted by molar-refractivity contribution is -0.135. The normalized spacial score (nSPS) is 12.3. The quantitative estimate of drug-likeness (QED) is 0.616. The third-order valence-corrected chi connectivity index (χ3v) is 2.48. The standard InChI is InChI=1S/C12H21NO/c1-6-8-13(9-7-2)12(14)11(5)10(3)4/h1,10-11H,7-9H2,2-5H3. The fourth-order valence-electron chi connectivity index (χ4n) is 1.22. The van der Waals surface area contributed by atoms with Crippen molar-refractivity contribution in [3.63, 3.8) is 0 Å². The van der Waals surface area contributed by atoms with Crippen molar-refractivity contribution in [1.29, 1.82) is 0 Å². The lowest BCUT2D eigenvalue weighted by Crippen LogP contribution is -2.37. The molecule has 0 heterocycles. The summed E-state index contributed by atoms with van der Waals surface area (Å²) >= 11 is 0. The highest BCUT2D eigenvalue weighted by atomic mass is 16.2. The predicted octanol–water partition coefficient (Wildman–Crippen LogP) is 2.15. The molecule has 0 radical (unpaired) electrons. The summed E-state index contributed by atoms with van der Waals surface area (Å²) in [4.78, 5) is 13.7. The van der Waals surface area contributed by atoms with Crippen molar-refractivity contribution in [2.45, 2.75) is 34.1 Å². The minimum atomic E-state index is 0.0647. The molecule has 1 amide bonds. The summed E-state index contributed by atoms with van der Waals surface area (Å²) in [6, 6.07) is 0. The van der Waals surface area contributed by atoms with Crippen molar-refractivity contribution >= 4 is 5.91 Å². The van der Waals surface area contributed by atoms with Crippen molar-refractivity contribution < 1.29 is 4.79 Å². The minimum Gasteiger partial charge on any atom is -0.331 e. The SMILES string of the molecule is C#CCN(CCC)C(=O)C(C)C(C)C. The van der Waals surface area contributed by atoms with Gasteiger partial charge < -0.3 is 4.90 Å². The van der Waals surface area contributed by atoms with Crippen molar-refractivity contribution in [3.8, 4) is 12.3 Å². The summed E-state index contributed by atoms with van der Waals surface area (Å²) in [6.07, 6.45) is 6.19. The van der Waals surface area contributed by atoms with E-state index in [4.69, 9.17) is 6.42 Å². The lowest BCUT2D eigenvalue weighted by Gasteiger charge is -2.25. The van der Waals surface area contributed by atoms with Gasteiger partial charge in [-0.25, -0.2) is 0 Å². The molecule has 0 rings (SSSR count). The van der Waals surface area contributed by atoms with Crippen LogP contribution < -0.4 is 0 Å². The van der Waals surface area contributed by atoms with Crippen molar-refractivity contribution in [1.82, 2.24) is 4.90 Å². The summed E-state index contributed by atoms with van der Waals surface area (Å²) in [5.74, 6) is 3.15. The molecule has 0 aromatic heterocycles. The fraction of sp³-hybridized carbons (Fsp3) is 0.750. The molecule has 14 heavy (non-hydrogen) atoms. The van der Waals surface area contributed by atoms with E-state index in [2.05, 4.69) is 26.7 Å². The summed E-state index contributed by atoms with van der Waals surface area (Å²) in [5.41, 5.74) is 0. The van der Waals surface area contributed by atoms with E-state index < -0.39 is 0 Å². The summed E-state index contributed by atoms with van der Waals surface area (Å²) in [6.45, 7) is 9.33. The molecule has 0 fully saturated rings. The summed E-state index contributed by atoms with van der Waals surface area (Å²) in [7, 11) is 0. The van der Waals surface area contributed by atoms with Crippen molar-refractivity contribution in [2.75, 3.05) is 13.1 Å². The van der Waals surface area contributed by atoms with Gasteiger partial charge >= 0.3 is 0 Å². The predicted molar refractivity (Wildman–Crippen MR) is 59.7 cm³/mol. The molecular weight excluding hydrogens is 174 g/mol. The van der Waals surface area contributed by atoms with Crippen LogP contribution in [0.5, 0.6) is 0 Å². The van der Waals surface area contributed by atoms with Gasteiger partial charge in [-0.15, -0.1) is 6.42 Å². The van der Waals surface area contributed by atoms with E-state index in [1.54, 1.807) is 4.90 Å². The molecule has 1 unspecified atom stereocenters. The van der Waals surface area contributed by atoms with Crippen LogP contribution in [0.25, 0.3) is 0 Å². The third kappa shape index (κ3) is 3.83. The second kappa shape index (κ2) is 6.48. The molecule has 0 bridgehead atoms. The number of terminal acetylenes is 1. The number of carbonyl (C=O) groups excluding carboxylic acids is 1. The number of carbonyl (C=O) groups is 1. The molecule has 0 spiro atoms. The Morgan fingerprint density at radius 2 is 2.00 bits per heavy atom. The molecular formula is C12H21NO. The molecule has 80 valence electrons. The van der Waals surface area contributed by atoms with Crippen LogP contribution in [0.15, 0.2) is 0 Å². The van der Waals surface area contributed by atoms with Gasteiger partial charge in [0.05, 0.1) is 6.54 Å². The largest absolute Gasteiger partial charge is 0.331 e. The first kappa shape index (κ1) is 13.0. The highest BCUT2D eigenvalue weighted by Crippen LogP contribution is 2.13. The number of hydrogen-bond donors (Lipinski definition) is 0. The highest BCUT2D eigenvalue weighted by Gasteiger charge is 2.21. The average molecular weight is 195 g/mol. The maximum absolute atomic E-state index is 11.9. The third-order valence-electron chi connectivity index (χ3n) is 2.48. The molecule has 0 aliphatic heterocycles. The van der Waals surface area contributed by atoms with Gasteiger partial charge in [-0.3, -0.25) is 4.79 Å². The maximum Gasteiger partial charge on any atom is 0.226 e. The van der Waals surface area contributed by atoms with Crippen LogP contribution in [0.2, 0.25) is 0 Å².